The Kier molecular flexibility index (Phi) is 5.62. The fourth-order valence-corrected chi connectivity index (χ4v) is 2.66. The van der Waals surface area contributed by atoms with Gasteiger partial charge in [0.05, 0.1) is 0 Å². The fourth-order valence-electron chi connectivity index (χ4n) is 2.53. The largest absolute Gasteiger partial charge is 0.335 e. The van der Waals surface area contributed by atoms with Gasteiger partial charge in [-0.1, -0.05) is 23.7 Å². The second-order valence-electron chi connectivity index (χ2n) is 5.01. The first kappa shape index (κ1) is 15.1. The average Bonchev–Trinajstić information content (AvgIpc) is 2.48. The predicted octanol–water partition coefficient (Wildman–Crippen LogP) is 2.95. The van der Waals surface area contributed by atoms with E-state index in [2.05, 4.69) is 5.32 Å². The Bertz CT molecular complexity index is 464. The molecule has 0 radical (unpaired) electrons. The second-order valence-corrected chi connectivity index (χ2v) is 5.45. The standard InChI is InChI=1S/C16H21ClN2O/c1-2-19(15-4-3-11-18-12-15)16(20)10-7-13-5-8-14(17)9-6-13/h5-10,15,18H,2-4,11-12H2,1H3. The van der Waals surface area contributed by atoms with Crippen LogP contribution >= 0.6 is 11.6 Å². The Hall–Kier alpha value is -1.32. The molecule has 0 aliphatic carbocycles. The van der Waals surface area contributed by atoms with Gasteiger partial charge in [-0.05, 0) is 50.1 Å². The predicted molar refractivity (Wildman–Crippen MR) is 83.8 cm³/mol. The summed E-state index contributed by atoms with van der Waals surface area (Å²) in [6, 6.07) is 7.79. The number of carbonyl (C=O) groups is 1. The minimum atomic E-state index is 0.0798. The second kappa shape index (κ2) is 7.46. The van der Waals surface area contributed by atoms with Gasteiger partial charge in [0.2, 0.25) is 5.91 Å². The third-order valence-electron chi connectivity index (χ3n) is 3.62. The first-order valence-corrected chi connectivity index (χ1v) is 7.53. The van der Waals surface area contributed by atoms with Gasteiger partial charge in [0.15, 0.2) is 0 Å². The van der Waals surface area contributed by atoms with E-state index >= 15 is 0 Å². The Balaban J connectivity index is 1.99. The molecule has 0 saturated carbocycles. The van der Waals surface area contributed by atoms with Crippen molar-refractivity contribution in [3.8, 4) is 0 Å². The lowest BCUT2D eigenvalue weighted by molar-refractivity contribution is -0.128. The highest BCUT2D eigenvalue weighted by atomic mass is 35.5. The van der Waals surface area contributed by atoms with E-state index in [1.807, 2.05) is 42.2 Å². The summed E-state index contributed by atoms with van der Waals surface area (Å²) in [7, 11) is 0. The van der Waals surface area contributed by atoms with E-state index in [1.165, 1.54) is 0 Å². The van der Waals surface area contributed by atoms with Crippen LogP contribution in [0.5, 0.6) is 0 Å². The maximum atomic E-state index is 12.3. The van der Waals surface area contributed by atoms with Crippen molar-refractivity contribution in [2.45, 2.75) is 25.8 Å². The van der Waals surface area contributed by atoms with Gasteiger partial charge in [0, 0.05) is 30.2 Å². The van der Waals surface area contributed by atoms with Gasteiger partial charge in [0.25, 0.3) is 0 Å². The van der Waals surface area contributed by atoms with Crippen molar-refractivity contribution in [3.05, 3.63) is 40.9 Å². The minimum absolute atomic E-state index is 0.0798. The molecular weight excluding hydrogens is 272 g/mol. The van der Waals surface area contributed by atoms with E-state index in [0.29, 0.717) is 11.1 Å². The normalized spacial score (nSPS) is 19.2. The van der Waals surface area contributed by atoms with Crippen LogP contribution in [0, 0.1) is 0 Å². The Morgan fingerprint density at radius 3 is 2.80 bits per heavy atom. The SMILES string of the molecule is CCN(C(=O)C=Cc1ccc(Cl)cc1)C1CCCNC1. The summed E-state index contributed by atoms with van der Waals surface area (Å²) >= 11 is 5.84. The van der Waals surface area contributed by atoms with E-state index in [-0.39, 0.29) is 5.91 Å². The van der Waals surface area contributed by atoms with Crippen molar-refractivity contribution < 1.29 is 4.79 Å². The third kappa shape index (κ3) is 4.09. The summed E-state index contributed by atoms with van der Waals surface area (Å²) in [4.78, 5) is 14.2. The van der Waals surface area contributed by atoms with Gasteiger partial charge in [-0.25, -0.2) is 0 Å². The van der Waals surface area contributed by atoms with Crippen LogP contribution in [-0.4, -0.2) is 36.5 Å². The van der Waals surface area contributed by atoms with Crippen LogP contribution in [0.4, 0.5) is 0 Å². The van der Waals surface area contributed by atoms with Gasteiger partial charge in [0.1, 0.15) is 0 Å². The van der Waals surface area contributed by atoms with E-state index < -0.39 is 0 Å². The number of hydrogen-bond donors (Lipinski definition) is 1. The molecule has 3 nitrogen and oxygen atoms in total. The van der Waals surface area contributed by atoms with Crippen molar-refractivity contribution in [2.24, 2.45) is 0 Å². The van der Waals surface area contributed by atoms with Crippen molar-refractivity contribution in [1.82, 2.24) is 10.2 Å². The number of amides is 1. The van der Waals surface area contributed by atoms with Crippen LogP contribution in [0.1, 0.15) is 25.3 Å². The Morgan fingerprint density at radius 2 is 2.20 bits per heavy atom. The van der Waals surface area contributed by atoms with E-state index in [1.54, 1.807) is 6.08 Å². The molecule has 0 spiro atoms. The summed E-state index contributed by atoms with van der Waals surface area (Å²) in [5, 5.41) is 4.06. The van der Waals surface area contributed by atoms with Crippen LogP contribution in [0.3, 0.4) is 0 Å². The lowest BCUT2D eigenvalue weighted by atomic mass is 10.1. The van der Waals surface area contributed by atoms with Crippen molar-refractivity contribution in [3.63, 3.8) is 0 Å². The monoisotopic (exact) mass is 292 g/mol. The van der Waals surface area contributed by atoms with Crippen LogP contribution in [-0.2, 0) is 4.79 Å². The lowest BCUT2D eigenvalue weighted by Gasteiger charge is -2.33. The van der Waals surface area contributed by atoms with E-state index in [4.69, 9.17) is 11.6 Å². The molecule has 0 bridgehead atoms. The summed E-state index contributed by atoms with van der Waals surface area (Å²) in [6.07, 6.45) is 5.72. The molecule has 1 unspecified atom stereocenters. The zero-order valence-corrected chi connectivity index (χ0v) is 12.6. The summed E-state index contributed by atoms with van der Waals surface area (Å²) in [5.41, 5.74) is 0.987. The first-order chi connectivity index (χ1) is 9.70. The topological polar surface area (TPSA) is 32.3 Å². The molecule has 0 aromatic heterocycles. The molecule has 20 heavy (non-hydrogen) atoms. The maximum absolute atomic E-state index is 12.3. The number of likely N-dealkylation sites (N-methyl/N-ethyl adjacent to an activating group) is 1. The van der Waals surface area contributed by atoms with Gasteiger partial charge in [-0.3, -0.25) is 4.79 Å². The molecular formula is C16H21ClN2O. The smallest absolute Gasteiger partial charge is 0.246 e. The Morgan fingerprint density at radius 1 is 1.45 bits per heavy atom. The number of carbonyl (C=O) groups excluding carboxylic acids is 1. The molecule has 1 fully saturated rings. The zero-order valence-electron chi connectivity index (χ0n) is 11.8. The molecule has 1 atom stereocenters. The summed E-state index contributed by atoms with van der Waals surface area (Å²) < 4.78 is 0. The molecule has 1 aliphatic heterocycles. The summed E-state index contributed by atoms with van der Waals surface area (Å²) in [6.45, 7) is 4.73. The summed E-state index contributed by atoms with van der Waals surface area (Å²) in [5.74, 6) is 0.0798. The number of nitrogens with zero attached hydrogens (tertiary/aromatic N) is 1. The van der Waals surface area contributed by atoms with Crippen LogP contribution in [0.15, 0.2) is 30.3 Å². The van der Waals surface area contributed by atoms with Crippen LogP contribution < -0.4 is 5.32 Å². The highest BCUT2D eigenvalue weighted by molar-refractivity contribution is 6.30. The highest BCUT2D eigenvalue weighted by Crippen LogP contribution is 2.13. The zero-order chi connectivity index (χ0) is 14.4. The average molecular weight is 293 g/mol. The minimum Gasteiger partial charge on any atom is -0.335 e. The van der Waals surface area contributed by atoms with E-state index in [9.17, 15) is 4.79 Å². The molecule has 1 heterocycles. The fraction of sp³-hybridized carbons (Fsp3) is 0.438. The molecule has 2 rings (SSSR count). The molecule has 1 N–H and O–H groups in total. The quantitative estimate of drug-likeness (QED) is 0.866. The Labute approximate surface area is 125 Å². The number of nitrogens with one attached hydrogen (secondary N) is 1. The number of piperidine rings is 1. The van der Waals surface area contributed by atoms with Crippen molar-refractivity contribution in [2.75, 3.05) is 19.6 Å². The number of rotatable bonds is 4. The third-order valence-corrected chi connectivity index (χ3v) is 3.88. The molecule has 4 heteroatoms. The maximum Gasteiger partial charge on any atom is 0.246 e. The van der Waals surface area contributed by atoms with Crippen LogP contribution in [0.25, 0.3) is 6.08 Å². The van der Waals surface area contributed by atoms with Gasteiger partial charge < -0.3 is 10.2 Å². The van der Waals surface area contributed by atoms with Gasteiger partial charge >= 0.3 is 0 Å². The van der Waals surface area contributed by atoms with Gasteiger partial charge in [-0.2, -0.15) is 0 Å². The van der Waals surface area contributed by atoms with Crippen molar-refractivity contribution >= 4 is 23.6 Å². The van der Waals surface area contributed by atoms with Crippen LogP contribution in [0.2, 0.25) is 5.02 Å². The molecule has 1 aromatic rings. The molecule has 1 saturated heterocycles. The number of halogens is 1. The highest BCUT2D eigenvalue weighted by Gasteiger charge is 2.22. The first-order valence-electron chi connectivity index (χ1n) is 7.15. The van der Waals surface area contributed by atoms with E-state index in [0.717, 1.165) is 38.0 Å². The number of benzene rings is 1. The molecule has 108 valence electrons. The lowest BCUT2D eigenvalue weighted by Crippen LogP contribution is -2.48. The molecule has 1 aromatic carbocycles. The molecule has 1 aliphatic rings. The van der Waals surface area contributed by atoms with Gasteiger partial charge in [-0.15, -0.1) is 0 Å². The molecule has 1 amide bonds. The van der Waals surface area contributed by atoms with Crippen molar-refractivity contribution in [1.29, 1.82) is 0 Å². The number of hydrogen-bond acceptors (Lipinski definition) is 2.